The fourth-order valence-electron chi connectivity index (χ4n) is 2.47. The van der Waals surface area contributed by atoms with Crippen LogP contribution in [0, 0.1) is 13.8 Å². The molecule has 1 aromatic rings. The molecular formula is C14H22ClNO. The molecule has 0 aliphatic heterocycles. The van der Waals surface area contributed by atoms with Crippen LogP contribution < -0.4 is 0 Å². The Morgan fingerprint density at radius 2 is 2.00 bits per heavy atom. The minimum atomic E-state index is -0.453. The van der Waals surface area contributed by atoms with Crippen molar-refractivity contribution < 1.29 is 4.79 Å². The maximum Gasteiger partial charge on any atom is 0.182 e. The zero-order valence-corrected chi connectivity index (χ0v) is 12.1. The lowest BCUT2D eigenvalue weighted by Gasteiger charge is -2.18. The van der Waals surface area contributed by atoms with Gasteiger partial charge in [-0.3, -0.25) is 4.79 Å². The van der Waals surface area contributed by atoms with Crippen molar-refractivity contribution in [1.82, 2.24) is 4.57 Å². The Balaban J connectivity index is 3.14. The number of ketones is 1. The van der Waals surface area contributed by atoms with E-state index in [1.807, 2.05) is 13.0 Å². The number of halogens is 1. The number of nitrogens with zero attached hydrogens (tertiary/aromatic N) is 1. The summed E-state index contributed by atoms with van der Waals surface area (Å²) >= 11 is 5.88. The first-order valence-electron chi connectivity index (χ1n) is 6.26. The minimum Gasteiger partial charge on any atom is -0.346 e. The van der Waals surface area contributed by atoms with Crippen LogP contribution in [-0.4, -0.2) is 15.7 Å². The summed E-state index contributed by atoms with van der Waals surface area (Å²) in [5, 5.41) is -0.453. The number of rotatable bonds is 5. The van der Waals surface area contributed by atoms with Gasteiger partial charge in [-0.25, -0.2) is 0 Å². The minimum absolute atomic E-state index is 0.0229. The molecular weight excluding hydrogens is 234 g/mol. The van der Waals surface area contributed by atoms with E-state index in [0.29, 0.717) is 6.04 Å². The summed E-state index contributed by atoms with van der Waals surface area (Å²) in [5.74, 6) is 0.0229. The first-order chi connectivity index (χ1) is 7.90. The summed E-state index contributed by atoms with van der Waals surface area (Å²) in [5.41, 5.74) is 2.96. The van der Waals surface area contributed by atoms with Crippen molar-refractivity contribution >= 4 is 17.4 Å². The molecule has 17 heavy (non-hydrogen) atoms. The summed E-state index contributed by atoms with van der Waals surface area (Å²) in [6, 6.07) is 2.40. The highest BCUT2D eigenvalue weighted by Crippen LogP contribution is 2.24. The molecule has 0 aliphatic rings. The van der Waals surface area contributed by atoms with Gasteiger partial charge < -0.3 is 4.57 Å². The number of aromatic nitrogens is 1. The third-order valence-electron chi connectivity index (χ3n) is 3.26. The number of aryl methyl sites for hydroxylation is 1. The Hall–Kier alpha value is -0.760. The Morgan fingerprint density at radius 3 is 2.47 bits per heavy atom. The van der Waals surface area contributed by atoms with E-state index in [0.717, 1.165) is 29.8 Å². The molecule has 1 rings (SSSR count). The van der Waals surface area contributed by atoms with Crippen LogP contribution in [0.4, 0.5) is 0 Å². The van der Waals surface area contributed by atoms with Crippen LogP contribution >= 0.6 is 11.6 Å². The van der Waals surface area contributed by atoms with Crippen LogP contribution in [0.2, 0.25) is 0 Å². The van der Waals surface area contributed by atoms with Crippen molar-refractivity contribution in [2.24, 2.45) is 0 Å². The predicted octanol–water partition coefficient (Wildman–Crippen LogP) is 4.28. The SMILES string of the molecule is CCCC(C)n1c(C)cc(C(=O)C(C)Cl)c1C. The van der Waals surface area contributed by atoms with E-state index >= 15 is 0 Å². The van der Waals surface area contributed by atoms with Crippen LogP contribution in [0.5, 0.6) is 0 Å². The second-order valence-corrected chi connectivity index (χ2v) is 5.43. The van der Waals surface area contributed by atoms with Gasteiger partial charge in [-0.2, -0.15) is 0 Å². The van der Waals surface area contributed by atoms with Gasteiger partial charge in [0.15, 0.2) is 5.78 Å². The lowest BCUT2D eigenvalue weighted by molar-refractivity contribution is 0.0991. The van der Waals surface area contributed by atoms with Gasteiger partial charge in [0.25, 0.3) is 0 Å². The summed E-state index contributed by atoms with van der Waals surface area (Å²) in [6.07, 6.45) is 2.27. The van der Waals surface area contributed by atoms with Crippen LogP contribution in [0.3, 0.4) is 0 Å². The van der Waals surface area contributed by atoms with Gasteiger partial charge in [-0.1, -0.05) is 13.3 Å². The fourth-order valence-corrected chi connectivity index (χ4v) is 2.58. The van der Waals surface area contributed by atoms with Gasteiger partial charge in [-0.05, 0) is 40.2 Å². The predicted molar refractivity (Wildman–Crippen MR) is 73.2 cm³/mol. The molecule has 0 saturated carbocycles. The third-order valence-corrected chi connectivity index (χ3v) is 3.46. The molecule has 1 heterocycles. The molecule has 0 bridgehead atoms. The smallest absolute Gasteiger partial charge is 0.182 e. The van der Waals surface area contributed by atoms with Gasteiger partial charge in [0.05, 0.1) is 5.38 Å². The molecule has 96 valence electrons. The number of hydrogen-bond donors (Lipinski definition) is 0. The first kappa shape index (κ1) is 14.3. The first-order valence-corrected chi connectivity index (χ1v) is 6.70. The van der Waals surface area contributed by atoms with Crippen LogP contribution in [-0.2, 0) is 0 Å². The lowest BCUT2D eigenvalue weighted by Crippen LogP contribution is -2.13. The van der Waals surface area contributed by atoms with E-state index in [1.165, 1.54) is 0 Å². The standard InChI is InChI=1S/C14H22ClNO/c1-6-7-9(2)16-10(3)8-13(12(16)5)14(17)11(4)15/h8-9,11H,6-7H2,1-5H3. The summed E-state index contributed by atoms with van der Waals surface area (Å²) in [7, 11) is 0. The quantitative estimate of drug-likeness (QED) is 0.569. The zero-order chi connectivity index (χ0) is 13.2. The van der Waals surface area contributed by atoms with Gasteiger partial charge in [-0.15, -0.1) is 11.6 Å². The van der Waals surface area contributed by atoms with Gasteiger partial charge >= 0.3 is 0 Å². The highest BCUT2D eigenvalue weighted by atomic mass is 35.5. The zero-order valence-electron chi connectivity index (χ0n) is 11.4. The largest absolute Gasteiger partial charge is 0.346 e. The Kier molecular flexibility index (Phi) is 4.81. The second-order valence-electron chi connectivity index (χ2n) is 4.77. The van der Waals surface area contributed by atoms with Gasteiger partial charge in [0.1, 0.15) is 0 Å². The van der Waals surface area contributed by atoms with Crippen molar-refractivity contribution in [3.63, 3.8) is 0 Å². The number of hydrogen-bond acceptors (Lipinski definition) is 1. The Bertz CT molecular complexity index is 407. The molecule has 0 spiro atoms. The van der Waals surface area contributed by atoms with Crippen molar-refractivity contribution in [2.45, 2.75) is 58.9 Å². The molecule has 0 amide bonds. The molecule has 3 heteroatoms. The Morgan fingerprint density at radius 1 is 1.41 bits per heavy atom. The van der Waals surface area contributed by atoms with E-state index in [1.54, 1.807) is 6.92 Å². The molecule has 2 unspecified atom stereocenters. The van der Waals surface area contributed by atoms with Gasteiger partial charge in [0, 0.05) is 23.0 Å². The van der Waals surface area contributed by atoms with E-state index in [9.17, 15) is 4.79 Å². The molecule has 2 nitrogen and oxygen atoms in total. The van der Waals surface area contributed by atoms with E-state index < -0.39 is 5.38 Å². The molecule has 0 aromatic carbocycles. The third kappa shape index (κ3) is 2.92. The van der Waals surface area contributed by atoms with E-state index in [2.05, 4.69) is 25.3 Å². The molecule has 2 atom stereocenters. The molecule has 0 radical (unpaired) electrons. The maximum atomic E-state index is 12.0. The van der Waals surface area contributed by atoms with Crippen molar-refractivity contribution in [3.05, 3.63) is 23.0 Å². The molecule has 0 aliphatic carbocycles. The molecule has 0 saturated heterocycles. The summed E-state index contributed by atoms with van der Waals surface area (Å²) in [4.78, 5) is 12.0. The van der Waals surface area contributed by atoms with Gasteiger partial charge in [0.2, 0.25) is 0 Å². The number of Topliss-reactive ketones (excluding diaryl/α,β-unsaturated/α-hetero) is 1. The summed E-state index contributed by atoms with van der Waals surface area (Å²) in [6.45, 7) is 10.2. The van der Waals surface area contributed by atoms with Crippen LogP contribution in [0.25, 0.3) is 0 Å². The number of carbonyl (C=O) groups excluding carboxylic acids is 1. The van der Waals surface area contributed by atoms with Crippen LogP contribution in [0.1, 0.15) is 61.4 Å². The highest BCUT2D eigenvalue weighted by molar-refractivity contribution is 6.33. The van der Waals surface area contributed by atoms with E-state index in [-0.39, 0.29) is 5.78 Å². The monoisotopic (exact) mass is 255 g/mol. The second kappa shape index (κ2) is 5.72. The topological polar surface area (TPSA) is 22.0 Å². The average molecular weight is 256 g/mol. The van der Waals surface area contributed by atoms with E-state index in [4.69, 9.17) is 11.6 Å². The fraction of sp³-hybridized carbons (Fsp3) is 0.643. The van der Waals surface area contributed by atoms with Crippen molar-refractivity contribution in [2.75, 3.05) is 0 Å². The van der Waals surface area contributed by atoms with Crippen molar-refractivity contribution in [1.29, 1.82) is 0 Å². The van der Waals surface area contributed by atoms with Crippen LogP contribution in [0.15, 0.2) is 6.07 Å². The Labute approximate surface area is 109 Å². The summed E-state index contributed by atoms with van der Waals surface area (Å²) < 4.78 is 2.25. The normalized spacial score (nSPS) is 14.7. The number of carbonyl (C=O) groups is 1. The average Bonchev–Trinajstić information content (AvgIpc) is 2.53. The maximum absolute atomic E-state index is 12.0. The number of alkyl halides is 1. The lowest BCUT2D eigenvalue weighted by atomic mass is 10.1. The molecule has 0 N–H and O–H groups in total. The molecule has 0 fully saturated rings. The molecule has 1 aromatic heterocycles. The van der Waals surface area contributed by atoms with Crippen molar-refractivity contribution in [3.8, 4) is 0 Å². The highest BCUT2D eigenvalue weighted by Gasteiger charge is 2.20.